The zero-order valence-corrected chi connectivity index (χ0v) is 7.91. The Hall–Kier alpha value is -1.48. The fourth-order valence-corrected chi connectivity index (χ4v) is 1.78. The average molecular weight is 189 g/mol. The minimum Gasteiger partial charge on any atom is -0.312 e. The van der Waals surface area contributed by atoms with Gasteiger partial charge >= 0.3 is 0 Å². The lowest BCUT2D eigenvalue weighted by Gasteiger charge is -2.16. The number of Topliss-reactive ketones (excluding diaryl/α,β-unsaturated/α-hetero) is 2. The predicted octanol–water partition coefficient (Wildman–Crippen LogP) is 1.17. The van der Waals surface area contributed by atoms with Crippen molar-refractivity contribution in [3.63, 3.8) is 0 Å². The maximum absolute atomic E-state index is 11.8. The van der Waals surface area contributed by atoms with Crippen LogP contribution < -0.4 is 5.73 Å². The Balaban J connectivity index is 2.65. The number of rotatable bonds is 1. The SMILES string of the molecule is CCC1(N)C(=O)c2ccccc2C1=O. The van der Waals surface area contributed by atoms with Crippen molar-refractivity contribution in [1.29, 1.82) is 0 Å². The van der Waals surface area contributed by atoms with E-state index in [2.05, 4.69) is 0 Å². The second-order valence-electron chi connectivity index (χ2n) is 3.53. The van der Waals surface area contributed by atoms with Gasteiger partial charge in [0.15, 0.2) is 11.6 Å². The van der Waals surface area contributed by atoms with Crippen molar-refractivity contribution < 1.29 is 9.59 Å². The minimum atomic E-state index is -1.32. The normalized spacial score (nSPS) is 18.4. The van der Waals surface area contributed by atoms with Crippen molar-refractivity contribution in [2.75, 3.05) is 0 Å². The number of carbonyl (C=O) groups excluding carboxylic acids is 2. The van der Waals surface area contributed by atoms with E-state index in [1.807, 2.05) is 0 Å². The minimum absolute atomic E-state index is 0.249. The van der Waals surface area contributed by atoms with Crippen molar-refractivity contribution >= 4 is 11.6 Å². The summed E-state index contributed by atoms with van der Waals surface area (Å²) in [5.41, 5.74) is 5.40. The number of fused-ring (bicyclic) bond motifs is 1. The predicted molar refractivity (Wildman–Crippen MR) is 52.3 cm³/mol. The van der Waals surface area contributed by atoms with Gasteiger partial charge in [-0.2, -0.15) is 0 Å². The Bertz CT molecular complexity index is 388. The fourth-order valence-electron chi connectivity index (χ4n) is 1.78. The molecule has 0 heterocycles. The van der Waals surface area contributed by atoms with Gasteiger partial charge < -0.3 is 5.73 Å². The van der Waals surface area contributed by atoms with E-state index >= 15 is 0 Å². The van der Waals surface area contributed by atoms with E-state index in [0.29, 0.717) is 17.5 Å². The zero-order valence-electron chi connectivity index (χ0n) is 7.91. The summed E-state index contributed by atoms with van der Waals surface area (Å²) in [5, 5.41) is 0. The molecular formula is C11H11NO2. The number of benzene rings is 1. The van der Waals surface area contributed by atoms with Gasteiger partial charge in [0.1, 0.15) is 5.54 Å². The summed E-state index contributed by atoms with van der Waals surface area (Å²) < 4.78 is 0. The lowest BCUT2D eigenvalue weighted by Crippen LogP contribution is -2.49. The van der Waals surface area contributed by atoms with Gasteiger partial charge in [-0.1, -0.05) is 31.2 Å². The van der Waals surface area contributed by atoms with Crippen LogP contribution in [0.2, 0.25) is 0 Å². The highest BCUT2D eigenvalue weighted by Gasteiger charge is 2.48. The maximum atomic E-state index is 11.8. The highest BCUT2D eigenvalue weighted by atomic mass is 16.2. The Kier molecular flexibility index (Phi) is 1.79. The van der Waals surface area contributed by atoms with Crippen LogP contribution in [0.25, 0.3) is 0 Å². The van der Waals surface area contributed by atoms with E-state index < -0.39 is 5.54 Å². The summed E-state index contributed by atoms with van der Waals surface area (Å²) >= 11 is 0. The molecule has 1 aliphatic rings. The van der Waals surface area contributed by atoms with Crippen LogP contribution in [0.3, 0.4) is 0 Å². The van der Waals surface area contributed by atoms with Crippen LogP contribution in [-0.4, -0.2) is 17.1 Å². The maximum Gasteiger partial charge on any atom is 0.191 e. The molecule has 0 aliphatic heterocycles. The second kappa shape index (κ2) is 2.75. The molecule has 0 unspecified atom stereocenters. The number of hydrogen-bond donors (Lipinski definition) is 1. The van der Waals surface area contributed by atoms with Gasteiger partial charge in [0, 0.05) is 11.1 Å². The van der Waals surface area contributed by atoms with Crippen LogP contribution in [-0.2, 0) is 0 Å². The van der Waals surface area contributed by atoms with Crippen LogP contribution >= 0.6 is 0 Å². The third kappa shape index (κ3) is 0.902. The Morgan fingerprint density at radius 1 is 1.14 bits per heavy atom. The number of nitrogens with two attached hydrogens (primary N) is 1. The number of ketones is 2. The molecule has 72 valence electrons. The lowest BCUT2D eigenvalue weighted by molar-refractivity contribution is 0.0796. The summed E-state index contributed by atoms with van der Waals surface area (Å²) in [6.45, 7) is 1.75. The third-order valence-electron chi connectivity index (χ3n) is 2.78. The molecule has 3 nitrogen and oxygen atoms in total. The molecule has 0 radical (unpaired) electrons. The summed E-state index contributed by atoms with van der Waals surface area (Å²) in [7, 11) is 0. The van der Waals surface area contributed by atoms with Crippen molar-refractivity contribution in [2.45, 2.75) is 18.9 Å². The highest BCUT2D eigenvalue weighted by molar-refractivity contribution is 6.32. The third-order valence-corrected chi connectivity index (χ3v) is 2.78. The first-order chi connectivity index (χ1) is 6.61. The van der Waals surface area contributed by atoms with Crippen molar-refractivity contribution in [3.8, 4) is 0 Å². The first-order valence-electron chi connectivity index (χ1n) is 4.58. The van der Waals surface area contributed by atoms with E-state index in [1.54, 1.807) is 31.2 Å². The molecule has 0 spiro atoms. The second-order valence-corrected chi connectivity index (χ2v) is 3.53. The molecule has 2 rings (SSSR count). The molecule has 1 aromatic carbocycles. The molecule has 0 amide bonds. The van der Waals surface area contributed by atoms with E-state index in [0.717, 1.165) is 0 Å². The molecule has 3 heteroatoms. The van der Waals surface area contributed by atoms with Crippen LogP contribution in [0, 0.1) is 0 Å². The van der Waals surface area contributed by atoms with Crippen LogP contribution in [0.4, 0.5) is 0 Å². The van der Waals surface area contributed by atoms with Crippen molar-refractivity contribution in [2.24, 2.45) is 5.73 Å². The van der Waals surface area contributed by atoms with Gasteiger partial charge in [-0.05, 0) is 6.42 Å². The topological polar surface area (TPSA) is 60.2 Å². The molecule has 1 aliphatic carbocycles. The fraction of sp³-hybridized carbons (Fsp3) is 0.273. The van der Waals surface area contributed by atoms with Crippen molar-refractivity contribution in [3.05, 3.63) is 35.4 Å². The quantitative estimate of drug-likeness (QED) is 0.674. The molecule has 1 aromatic rings. The molecule has 0 fully saturated rings. The van der Waals surface area contributed by atoms with E-state index in [-0.39, 0.29) is 11.6 Å². The number of carbonyl (C=O) groups is 2. The van der Waals surface area contributed by atoms with Gasteiger partial charge in [0.25, 0.3) is 0 Å². The van der Waals surface area contributed by atoms with Crippen LogP contribution in [0.5, 0.6) is 0 Å². The lowest BCUT2D eigenvalue weighted by atomic mass is 9.92. The van der Waals surface area contributed by atoms with Crippen molar-refractivity contribution in [1.82, 2.24) is 0 Å². The molecule has 0 aromatic heterocycles. The summed E-state index contributed by atoms with van der Waals surface area (Å²) in [5.74, 6) is -0.499. The smallest absolute Gasteiger partial charge is 0.191 e. The van der Waals surface area contributed by atoms with Crippen LogP contribution in [0.1, 0.15) is 34.1 Å². The van der Waals surface area contributed by atoms with Gasteiger partial charge in [-0.15, -0.1) is 0 Å². The molecule has 14 heavy (non-hydrogen) atoms. The van der Waals surface area contributed by atoms with Crippen LogP contribution in [0.15, 0.2) is 24.3 Å². The van der Waals surface area contributed by atoms with E-state index in [9.17, 15) is 9.59 Å². The molecular weight excluding hydrogens is 178 g/mol. The van der Waals surface area contributed by atoms with E-state index in [4.69, 9.17) is 5.73 Å². The first-order valence-corrected chi connectivity index (χ1v) is 4.58. The Morgan fingerprint density at radius 2 is 1.57 bits per heavy atom. The first kappa shape index (κ1) is 9.09. The zero-order chi connectivity index (χ0) is 10.3. The molecule has 0 atom stereocenters. The van der Waals surface area contributed by atoms with Gasteiger partial charge in [-0.25, -0.2) is 0 Å². The molecule has 0 saturated heterocycles. The highest BCUT2D eigenvalue weighted by Crippen LogP contribution is 2.30. The average Bonchev–Trinajstić information content (AvgIpc) is 2.43. The van der Waals surface area contributed by atoms with Gasteiger partial charge in [-0.3, -0.25) is 9.59 Å². The molecule has 0 saturated carbocycles. The largest absolute Gasteiger partial charge is 0.312 e. The monoisotopic (exact) mass is 189 g/mol. The van der Waals surface area contributed by atoms with Gasteiger partial charge in [0.05, 0.1) is 0 Å². The summed E-state index contributed by atoms with van der Waals surface area (Å²) in [4.78, 5) is 23.6. The summed E-state index contributed by atoms with van der Waals surface area (Å²) in [6, 6.07) is 6.79. The standard InChI is InChI=1S/C11H11NO2/c1-2-11(12)9(13)7-5-3-4-6-8(7)10(11)14/h3-6H,2,12H2,1H3. The summed E-state index contributed by atoms with van der Waals surface area (Å²) in [6.07, 6.45) is 0.347. The molecule has 0 bridgehead atoms. The number of hydrogen-bond acceptors (Lipinski definition) is 3. The Labute approximate surface area is 81.9 Å². The van der Waals surface area contributed by atoms with E-state index in [1.165, 1.54) is 0 Å². The van der Waals surface area contributed by atoms with Gasteiger partial charge in [0.2, 0.25) is 0 Å². The molecule has 2 N–H and O–H groups in total. The Morgan fingerprint density at radius 3 is 1.93 bits per heavy atom.